The topological polar surface area (TPSA) is 72.3 Å². The Morgan fingerprint density at radius 1 is 1.44 bits per heavy atom. The van der Waals surface area contributed by atoms with E-state index in [4.69, 9.17) is 9.84 Å². The van der Waals surface area contributed by atoms with E-state index in [0.717, 1.165) is 10.0 Å². The lowest BCUT2D eigenvalue weighted by Crippen LogP contribution is -2.05. The van der Waals surface area contributed by atoms with Gasteiger partial charge in [0.15, 0.2) is 11.4 Å². The lowest BCUT2D eigenvalue weighted by molar-refractivity contribution is 0.0685. The molecule has 0 saturated heterocycles. The van der Waals surface area contributed by atoms with Gasteiger partial charge in [-0.3, -0.25) is 4.98 Å². The first-order valence-electron chi connectivity index (χ1n) is 5.07. The number of carboxylic acids is 1. The average molecular weight is 309 g/mol. The highest BCUT2D eigenvalue weighted by Gasteiger charge is 2.12. The molecule has 0 aliphatic rings. The van der Waals surface area contributed by atoms with Gasteiger partial charge in [-0.2, -0.15) is 0 Å². The number of rotatable bonds is 4. The minimum atomic E-state index is -1.11. The molecule has 2 aromatic rings. The van der Waals surface area contributed by atoms with E-state index < -0.39 is 5.97 Å². The van der Waals surface area contributed by atoms with Gasteiger partial charge in [-0.05, 0) is 34.1 Å². The second kappa shape index (κ2) is 5.59. The van der Waals surface area contributed by atoms with Crippen LogP contribution in [0.5, 0.6) is 5.75 Å². The SMILES string of the molecule is O=C(O)c1ncccc1OCc1cncc(Br)c1. The van der Waals surface area contributed by atoms with Crippen LogP contribution in [0.1, 0.15) is 16.1 Å². The standard InChI is InChI=1S/C12H9BrN2O3/c13-9-4-8(5-14-6-9)7-18-10-2-1-3-15-11(10)12(16)17/h1-6H,7H2,(H,16,17). The zero-order chi connectivity index (χ0) is 13.0. The number of hydrogen-bond acceptors (Lipinski definition) is 4. The van der Waals surface area contributed by atoms with Gasteiger partial charge < -0.3 is 9.84 Å². The molecule has 0 aliphatic carbocycles. The molecular weight excluding hydrogens is 300 g/mol. The maximum Gasteiger partial charge on any atom is 0.358 e. The zero-order valence-electron chi connectivity index (χ0n) is 9.21. The van der Waals surface area contributed by atoms with Crippen molar-refractivity contribution in [1.82, 2.24) is 9.97 Å². The third-order valence-corrected chi connectivity index (χ3v) is 2.56. The van der Waals surface area contributed by atoms with Crippen molar-refractivity contribution in [3.63, 3.8) is 0 Å². The van der Waals surface area contributed by atoms with Crippen molar-refractivity contribution in [2.45, 2.75) is 6.61 Å². The molecule has 0 unspecified atom stereocenters. The zero-order valence-corrected chi connectivity index (χ0v) is 10.8. The van der Waals surface area contributed by atoms with Gasteiger partial charge in [0.25, 0.3) is 0 Å². The van der Waals surface area contributed by atoms with E-state index in [1.165, 1.54) is 6.20 Å². The molecule has 0 atom stereocenters. The summed E-state index contributed by atoms with van der Waals surface area (Å²) in [4.78, 5) is 18.7. The van der Waals surface area contributed by atoms with Crippen LogP contribution in [0, 0.1) is 0 Å². The molecule has 92 valence electrons. The molecule has 2 heterocycles. The van der Waals surface area contributed by atoms with Gasteiger partial charge >= 0.3 is 5.97 Å². The summed E-state index contributed by atoms with van der Waals surface area (Å²) >= 11 is 3.30. The van der Waals surface area contributed by atoms with E-state index in [-0.39, 0.29) is 18.1 Å². The summed E-state index contributed by atoms with van der Waals surface area (Å²) in [7, 11) is 0. The quantitative estimate of drug-likeness (QED) is 0.939. The number of hydrogen-bond donors (Lipinski definition) is 1. The fourth-order valence-corrected chi connectivity index (χ4v) is 1.78. The van der Waals surface area contributed by atoms with Gasteiger partial charge in [-0.15, -0.1) is 0 Å². The average Bonchev–Trinajstić information content (AvgIpc) is 2.37. The number of ether oxygens (including phenoxy) is 1. The number of nitrogens with zero attached hydrogens (tertiary/aromatic N) is 2. The lowest BCUT2D eigenvalue weighted by Gasteiger charge is -2.08. The van der Waals surface area contributed by atoms with E-state index in [1.807, 2.05) is 6.07 Å². The van der Waals surface area contributed by atoms with E-state index >= 15 is 0 Å². The van der Waals surface area contributed by atoms with Crippen molar-refractivity contribution >= 4 is 21.9 Å². The number of carboxylic acid groups (broad SMARTS) is 1. The number of aromatic carboxylic acids is 1. The smallest absolute Gasteiger partial charge is 0.358 e. The summed E-state index contributed by atoms with van der Waals surface area (Å²) < 4.78 is 6.28. The highest BCUT2D eigenvalue weighted by atomic mass is 79.9. The van der Waals surface area contributed by atoms with Gasteiger partial charge in [0.1, 0.15) is 6.61 Å². The summed E-state index contributed by atoms with van der Waals surface area (Å²) in [6, 6.07) is 5.05. The third-order valence-electron chi connectivity index (χ3n) is 2.13. The Kier molecular flexibility index (Phi) is 3.88. The van der Waals surface area contributed by atoms with E-state index in [1.54, 1.807) is 24.5 Å². The molecular formula is C12H9BrN2O3. The number of carbonyl (C=O) groups is 1. The minimum absolute atomic E-state index is 0.0968. The monoisotopic (exact) mass is 308 g/mol. The Balaban J connectivity index is 2.13. The minimum Gasteiger partial charge on any atom is -0.486 e. The van der Waals surface area contributed by atoms with Crippen LogP contribution in [0.15, 0.2) is 41.3 Å². The predicted molar refractivity (Wildman–Crippen MR) is 67.5 cm³/mol. The van der Waals surface area contributed by atoms with Crippen LogP contribution < -0.4 is 4.74 Å². The van der Waals surface area contributed by atoms with Crippen LogP contribution in [0.25, 0.3) is 0 Å². The Bertz CT molecular complexity index is 575. The maximum absolute atomic E-state index is 10.9. The molecule has 5 nitrogen and oxygen atoms in total. The molecule has 0 bridgehead atoms. The molecule has 0 aromatic carbocycles. The van der Waals surface area contributed by atoms with E-state index in [0.29, 0.717) is 0 Å². The van der Waals surface area contributed by atoms with Crippen LogP contribution in [-0.2, 0) is 6.61 Å². The maximum atomic E-state index is 10.9. The molecule has 0 spiro atoms. The van der Waals surface area contributed by atoms with Crippen LogP contribution >= 0.6 is 15.9 Å². The molecule has 0 saturated carbocycles. The second-order valence-corrected chi connectivity index (χ2v) is 4.37. The summed E-state index contributed by atoms with van der Waals surface area (Å²) in [5.41, 5.74) is 0.741. The van der Waals surface area contributed by atoms with Crippen LogP contribution in [0.2, 0.25) is 0 Å². The third kappa shape index (κ3) is 3.04. The van der Waals surface area contributed by atoms with Gasteiger partial charge in [0.05, 0.1) is 0 Å². The summed E-state index contributed by atoms with van der Waals surface area (Å²) in [6.07, 6.45) is 4.73. The van der Waals surface area contributed by atoms with E-state index in [9.17, 15) is 4.79 Å². The highest BCUT2D eigenvalue weighted by molar-refractivity contribution is 9.10. The Morgan fingerprint density at radius 3 is 3.00 bits per heavy atom. The molecule has 2 aromatic heterocycles. The fraction of sp³-hybridized carbons (Fsp3) is 0.0833. The summed E-state index contributed by atoms with van der Waals surface area (Å²) in [6.45, 7) is 0.235. The Labute approximate surface area is 112 Å². The Hall–Kier alpha value is -1.95. The van der Waals surface area contributed by atoms with Crippen molar-refractivity contribution in [3.05, 3.63) is 52.5 Å². The second-order valence-electron chi connectivity index (χ2n) is 3.46. The number of aromatic nitrogens is 2. The lowest BCUT2D eigenvalue weighted by atomic mass is 10.3. The summed E-state index contributed by atoms with van der Waals surface area (Å²) in [5.74, 6) is -0.872. The van der Waals surface area contributed by atoms with Crippen molar-refractivity contribution in [1.29, 1.82) is 0 Å². The molecule has 1 N–H and O–H groups in total. The first-order valence-corrected chi connectivity index (χ1v) is 5.86. The van der Waals surface area contributed by atoms with Crippen LogP contribution in [0.3, 0.4) is 0 Å². The van der Waals surface area contributed by atoms with Gasteiger partial charge in [-0.25, -0.2) is 9.78 Å². The van der Waals surface area contributed by atoms with Crippen LogP contribution in [-0.4, -0.2) is 21.0 Å². The van der Waals surface area contributed by atoms with Crippen LogP contribution in [0.4, 0.5) is 0 Å². The summed E-state index contributed by atoms with van der Waals surface area (Å²) in [5, 5.41) is 8.94. The van der Waals surface area contributed by atoms with Crippen molar-refractivity contribution in [2.75, 3.05) is 0 Å². The van der Waals surface area contributed by atoms with Crippen molar-refractivity contribution < 1.29 is 14.6 Å². The molecule has 18 heavy (non-hydrogen) atoms. The van der Waals surface area contributed by atoms with E-state index in [2.05, 4.69) is 25.9 Å². The Morgan fingerprint density at radius 2 is 2.28 bits per heavy atom. The largest absolute Gasteiger partial charge is 0.486 e. The van der Waals surface area contributed by atoms with Gasteiger partial charge in [0, 0.05) is 28.6 Å². The fourth-order valence-electron chi connectivity index (χ4n) is 1.36. The molecule has 2 rings (SSSR count). The van der Waals surface area contributed by atoms with Gasteiger partial charge in [0.2, 0.25) is 0 Å². The molecule has 0 amide bonds. The normalized spacial score (nSPS) is 10.1. The molecule has 6 heteroatoms. The highest BCUT2D eigenvalue weighted by Crippen LogP contribution is 2.17. The predicted octanol–water partition coefficient (Wildman–Crippen LogP) is 2.52. The molecule has 0 fully saturated rings. The first kappa shape index (κ1) is 12.5. The molecule has 0 aliphatic heterocycles. The van der Waals surface area contributed by atoms with Gasteiger partial charge in [-0.1, -0.05) is 0 Å². The number of pyridine rings is 2. The first-order chi connectivity index (χ1) is 8.66. The van der Waals surface area contributed by atoms with Crippen molar-refractivity contribution in [2.24, 2.45) is 0 Å². The molecule has 0 radical (unpaired) electrons. The van der Waals surface area contributed by atoms with Crippen molar-refractivity contribution in [3.8, 4) is 5.75 Å². The number of halogens is 1.